The van der Waals surface area contributed by atoms with Crippen LogP contribution in [0.15, 0.2) is 22.7 Å². The molecule has 1 aromatic carbocycles. The molecule has 1 aromatic heterocycles. The maximum absolute atomic E-state index is 12.4. The van der Waals surface area contributed by atoms with Crippen LogP contribution in [0, 0.1) is 12.8 Å². The van der Waals surface area contributed by atoms with Gasteiger partial charge in [-0.15, -0.1) is 12.4 Å². The molecule has 0 saturated carbocycles. The van der Waals surface area contributed by atoms with Gasteiger partial charge in [0.2, 0.25) is 0 Å². The van der Waals surface area contributed by atoms with Crippen LogP contribution in [-0.4, -0.2) is 24.2 Å². The number of halogens is 3. The van der Waals surface area contributed by atoms with Gasteiger partial charge < -0.3 is 15.6 Å². The van der Waals surface area contributed by atoms with Crippen molar-refractivity contribution in [1.29, 1.82) is 0 Å². The number of rotatable bonds is 5. The van der Waals surface area contributed by atoms with Crippen LogP contribution in [0.1, 0.15) is 23.0 Å². The summed E-state index contributed by atoms with van der Waals surface area (Å²) in [6.45, 7) is 4.58. The zero-order chi connectivity index (χ0) is 16.3. The maximum Gasteiger partial charge on any atom is 0.257 e. The molecule has 0 bridgehead atoms. The molecule has 1 amide bonds. The van der Waals surface area contributed by atoms with Crippen molar-refractivity contribution in [2.24, 2.45) is 11.7 Å². The standard InChI is InChI=1S/C15H17Cl2N3O2.ClH/c1-8(6-18)7-19-15(21)12-9(2)22-20-14(12)13-10(16)4-3-5-11(13)17;/h3-5,8H,6-7,18H2,1-2H3,(H,19,21);1H. The smallest absolute Gasteiger partial charge is 0.257 e. The Hall–Kier alpha value is -1.27. The molecule has 5 nitrogen and oxygen atoms in total. The lowest BCUT2D eigenvalue weighted by molar-refractivity contribution is 0.0947. The number of hydrogen-bond acceptors (Lipinski definition) is 4. The minimum Gasteiger partial charge on any atom is -0.360 e. The van der Waals surface area contributed by atoms with Gasteiger partial charge in [-0.2, -0.15) is 0 Å². The summed E-state index contributed by atoms with van der Waals surface area (Å²) in [7, 11) is 0. The fraction of sp³-hybridized carbons (Fsp3) is 0.333. The second kappa shape index (κ2) is 8.55. The minimum atomic E-state index is -0.287. The molecule has 0 spiro atoms. The Kier molecular flexibility index (Phi) is 7.35. The minimum absolute atomic E-state index is 0. The summed E-state index contributed by atoms with van der Waals surface area (Å²) in [6, 6.07) is 5.10. The highest BCUT2D eigenvalue weighted by Crippen LogP contribution is 2.36. The van der Waals surface area contributed by atoms with E-state index in [4.69, 9.17) is 33.5 Å². The van der Waals surface area contributed by atoms with Gasteiger partial charge >= 0.3 is 0 Å². The van der Waals surface area contributed by atoms with E-state index in [0.29, 0.717) is 45.7 Å². The quantitative estimate of drug-likeness (QED) is 0.831. The summed E-state index contributed by atoms with van der Waals surface area (Å²) >= 11 is 12.4. The van der Waals surface area contributed by atoms with Gasteiger partial charge in [0.1, 0.15) is 17.0 Å². The Balaban J connectivity index is 0.00000264. The number of amides is 1. The topological polar surface area (TPSA) is 81.2 Å². The lowest BCUT2D eigenvalue weighted by Crippen LogP contribution is -2.31. The number of aromatic nitrogens is 1. The number of carbonyl (C=O) groups is 1. The molecular formula is C15H18Cl3N3O2. The highest BCUT2D eigenvalue weighted by Gasteiger charge is 2.24. The number of benzene rings is 1. The van der Waals surface area contributed by atoms with Crippen molar-refractivity contribution in [3.05, 3.63) is 39.6 Å². The van der Waals surface area contributed by atoms with Gasteiger partial charge in [0.15, 0.2) is 0 Å². The van der Waals surface area contributed by atoms with Crippen molar-refractivity contribution in [2.75, 3.05) is 13.1 Å². The number of carbonyl (C=O) groups excluding carboxylic acids is 1. The fourth-order valence-electron chi connectivity index (χ4n) is 1.97. The van der Waals surface area contributed by atoms with E-state index in [0.717, 1.165) is 0 Å². The Morgan fingerprint density at radius 3 is 2.57 bits per heavy atom. The lowest BCUT2D eigenvalue weighted by Gasteiger charge is -2.11. The van der Waals surface area contributed by atoms with Crippen LogP contribution >= 0.6 is 35.6 Å². The summed E-state index contributed by atoms with van der Waals surface area (Å²) in [5, 5.41) is 7.58. The number of nitrogens with two attached hydrogens (primary N) is 1. The van der Waals surface area contributed by atoms with Gasteiger partial charge in [0, 0.05) is 12.1 Å². The molecule has 0 saturated heterocycles. The van der Waals surface area contributed by atoms with E-state index in [9.17, 15) is 4.79 Å². The molecule has 2 rings (SSSR count). The van der Waals surface area contributed by atoms with Gasteiger partial charge in [-0.25, -0.2) is 0 Å². The molecule has 0 fully saturated rings. The predicted molar refractivity (Wildman–Crippen MR) is 94.5 cm³/mol. The van der Waals surface area contributed by atoms with Crippen LogP contribution < -0.4 is 11.1 Å². The van der Waals surface area contributed by atoms with E-state index >= 15 is 0 Å². The van der Waals surface area contributed by atoms with Crippen molar-refractivity contribution in [3.63, 3.8) is 0 Å². The van der Waals surface area contributed by atoms with Crippen LogP contribution in [0.3, 0.4) is 0 Å². The average Bonchev–Trinajstić information content (AvgIpc) is 2.86. The second-order valence-corrected chi connectivity index (χ2v) is 5.92. The van der Waals surface area contributed by atoms with Crippen molar-refractivity contribution in [3.8, 4) is 11.3 Å². The van der Waals surface area contributed by atoms with Crippen molar-refractivity contribution in [2.45, 2.75) is 13.8 Å². The van der Waals surface area contributed by atoms with Crippen LogP contribution in [0.2, 0.25) is 10.0 Å². The molecule has 0 radical (unpaired) electrons. The summed E-state index contributed by atoms with van der Waals surface area (Å²) in [5.74, 6) is 0.297. The molecule has 1 atom stereocenters. The van der Waals surface area contributed by atoms with Gasteiger partial charge in [-0.05, 0) is 31.5 Å². The van der Waals surface area contributed by atoms with Crippen molar-refractivity contribution < 1.29 is 9.32 Å². The molecule has 2 aromatic rings. The van der Waals surface area contributed by atoms with Gasteiger partial charge in [0.25, 0.3) is 5.91 Å². The molecule has 23 heavy (non-hydrogen) atoms. The summed E-state index contributed by atoms with van der Waals surface area (Å²) < 4.78 is 5.16. The van der Waals surface area contributed by atoms with Crippen molar-refractivity contribution >= 4 is 41.5 Å². The van der Waals surface area contributed by atoms with E-state index < -0.39 is 0 Å². The third-order valence-corrected chi connectivity index (χ3v) is 3.93. The van der Waals surface area contributed by atoms with E-state index in [1.807, 2.05) is 6.92 Å². The van der Waals surface area contributed by atoms with E-state index in [-0.39, 0.29) is 24.2 Å². The van der Waals surface area contributed by atoms with Crippen LogP contribution in [0.25, 0.3) is 11.3 Å². The number of hydrogen-bond donors (Lipinski definition) is 2. The molecule has 1 unspecified atom stereocenters. The predicted octanol–water partition coefficient (Wildman–Crippen LogP) is 3.70. The number of nitrogens with one attached hydrogen (secondary N) is 1. The largest absolute Gasteiger partial charge is 0.360 e. The number of aryl methyl sites for hydroxylation is 1. The Bertz CT molecular complexity index is 668. The summed E-state index contributed by atoms with van der Waals surface area (Å²) in [6.07, 6.45) is 0. The fourth-order valence-corrected chi connectivity index (χ4v) is 2.55. The molecule has 0 aliphatic carbocycles. The number of nitrogens with zero attached hydrogens (tertiary/aromatic N) is 1. The molecule has 0 aliphatic rings. The van der Waals surface area contributed by atoms with E-state index in [2.05, 4.69) is 10.5 Å². The zero-order valence-electron chi connectivity index (χ0n) is 12.7. The monoisotopic (exact) mass is 377 g/mol. The normalized spacial score (nSPS) is 11.7. The van der Waals surface area contributed by atoms with Crippen LogP contribution in [0.4, 0.5) is 0 Å². The third kappa shape index (κ3) is 4.38. The molecule has 126 valence electrons. The third-order valence-electron chi connectivity index (χ3n) is 3.30. The highest BCUT2D eigenvalue weighted by atomic mass is 35.5. The molecule has 8 heteroatoms. The Morgan fingerprint density at radius 2 is 2.00 bits per heavy atom. The molecule has 3 N–H and O–H groups in total. The van der Waals surface area contributed by atoms with Crippen LogP contribution in [-0.2, 0) is 0 Å². The second-order valence-electron chi connectivity index (χ2n) is 5.11. The first-order valence-corrected chi connectivity index (χ1v) is 7.60. The first-order chi connectivity index (χ1) is 10.5. The van der Waals surface area contributed by atoms with Crippen molar-refractivity contribution in [1.82, 2.24) is 10.5 Å². The Morgan fingerprint density at radius 1 is 1.39 bits per heavy atom. The van der Waals surface area contributed by atoms with Gasteiger partial charge in [0.05, 0.1) is 10.0 Å². The van der Waals surface area contributed by atoms with Gasteiger partial charge in [-0.1, -0.05) is 41.3 Å². The summed E-state index contributed by atoms with van der Waals surface area (Å²) in [4.78, 5) is 12.4. The molecule has 0 aliphatic heterocycles. The SMILES string of the molecule is Cc1onc(-c2c(Cl)cccc2Cl)c1C(=O)NCC(C)CN.Cl. The lowest BCUT2D eigenvalue weighted by atomic mass is 10.0. The summed E-state index contributed by atoms with van der Waals surface area (Å²) in [5.41, 5.74) is 6.71. The van der Waals surface area contributed by atoms with Crippen LogP contribution in [0.5, 0.6) is 0 Å². The highest BCUT2D eigenvalue weighted by molar-refractivity contribution is 6.39. The first kappa shape index (κ1) is 19.8. The van der Waals surface area contributed by atoms with Gasteiger partial charge in [-0.3, -0.25) is 4.79 Å². The molecule has 1 heterocycles. The van der Waals surface area contributed by atoms with E-state index in [1.165, 1.54) is 0 Å². The molecular weight excluding hydrogens is 361 g/mol. The zero-order valence-corrected chi connectivity index (χ0v) is 15.1. The average molecular weight is 379 g/mol. The maximum atomic E-state index is 12.4. The Labute approximate surface area is 150 Å². The first-order valence-electron chi connectivity index (χ1n) is 6.84. The van der Waals surface area contributed by atoms with E-state index in [1.54, 1.807) is 25.1 Å².